The van der Waals surface area contributed by atoms with Crippen molar-refractivity contribution in [3.63, 3.8) is 0 Å². The van der Waals surface area contributed by atoms with Crippen LogP contribution in [0, 0.1) is 0 Å². The standard InChI is InChI=1S/C22H28N2O5/c1-6-15-9-7-8-10-17(15)23-19(25)14-24(2)20(26)13-16-11-12-18(27-3)22(29-5)21(16)28-4/h7-12H,6,13-14H2,1-5H3,(H,23,25). The van der Waals surface area contributed by atoms with Gasteiger partial charge < -0.3 is 24.4 Å². The molecular formula is C22H28N2O5. The average Bonchev–Trinajstić information content (AvgIpc) is 2.73. The van der Waals surface area contributed by atoms with Gasteiger partial charge >= 0.3 is 0 Å². The van der Waals surface area contributed by atoms with E-state index in [0.29, 0.717) is 22.8 Å². The Bertz CT molecular complexity index is 866. The second kappa shape index (κ2) is 10.4. The minimum atomic E-state index is -0.249. The smallest absolute Gasteiger partial charge is 0.243 e. The number of ether oxygens (including phenoxy) is 3. The van der Waals surface area contributed by atoms with E-state index < -0.39 is 0 Å². The Balaban J connectivity index is 2.06. The molecule has 7 nitrogen and oxygen atoms in total. The van der Waals surface area contributed by atoms with Crippen molar-refractivity contribution in [2.45, 2.75) is 19.8 Å². The van der Waals surface area contributed by atoms with Crippen LogP contribution >= 0.6 is 0 Å². The number of methoxy groups -OCH3 is 3. The van der Waals surface area contributed by atoms with E-state index >= 15 is 0 Å². The number of anilines is 1. The average molecular weight is 400 g/mol. The molecule has 2 amide bonds. The molecule has 0 unspecified atom stereocenters. The van der Waals surface area contributed by atoms with Crippen molar-refractivity contribution in [2.24, 2.45) is 0 Å². The topological polar surface area (TPSA) is 77.1 Å². The number of hydrogen-bond acceptors (Lipinski definition) is 5. The lowest BCUT2D eigenvalue weighted by molar-refractivity contribution is -0.132. The number of nitrogens with one attached hydrogen (secondary N) is 1. The van der Waals surface area contributed by atoms with Crippen LogP contribution in [0.3, 0.4) is 0 Å². The maximum absolute atomic E-state index is 12.7. The molecule has 0 bridgehead atoms. The zero-order chi connectivity index (χ0) is 21.4. The van der Waals surface area contributed by atoms with E-state index in [-0.39, 0.29) is 24.8 Å². The Labute approximate surface area is 171 Å². The molecule has 0 radical (unpaired) electrons. The maximum Gasteiger partial charge on any atom is 0.243 e. The van der Waals surface area contributed by atoms with Crippen molar-refractivity contribution < 1.29 is 23.8 Å². The number of para-hydroxylation sites is 1. The number of amides is 2. The van der Waals surface area contributed by atoms with Crippen molar-refractivity contribution in [3.05, 3.63) is 47.5 Å². The molecule has 2 aromatic rings. The molecule has 29 heavy (non-hydrogen) atoms. The molecule has 0 atom stereocenters. The monoisotopic (exact) mass is 400 g/mol. The highest BCUT2D eigenvalue weighted by Gasteiger charge is 2.20. The fourth-order valence-corrected chi connectivity index (χ4v) is 3.04. The number of rotatable bonds is 9. The Hall–Kier alpha value is -3.22. The van der Waals surface area contributed by atoms with Gasteiger partial charge in [0.1, 0.15) is 0 Å². The highest BCUT2D eigenvalue weighted by molar-refractivity contribution is 5.95. The van der Waals surface area contributed by atoms with Gasteiger partial charge in [-0.05, 0) is 24.1 Å². The summed E-state index contributed by atoms with van der Waals surface area (Å²) in [6.45, 7) is 1.98. The quantitative estimate of drug-likeness (QED) is 0.700. The number of carbonyl (C=O) groups is 2. The first kappa shape index (κ1) is 22.1. The minimum Gasteiger partial charge on any atom is -0.493 e. The lowest BCUT2D eigenvalue weighted by atomic mass is 10.1. The summed E-state index contributed by atoms with van der Waals surface area (Å²) in [7, 11) is 6.15. The summed E-state index contributed by atoms with van der Waals surface area (Å²) in [6.07, 6.45) is 0.878. The van der Waals surface area contributed by atoms with Gasteiger partial charge in [-0.15, -0.1) is 0 Å². The minimum absolute atomic E-state index is 0.0491. The predicted octanol–water partition coefficient (Wildman–Crippen LogP) is 2.91. The predicted molar refractivity (Wildman–Crippen MR) is 112 cm³/mol. The number of likely N-dealkylation sites (N-methyl/N-ethyl adjacent to an activating group) is 1. The van der Waals surface area contributed by atoms with Crippen LogP contribution in [0.15, 0.2) is 36.4 Å². The molecular weight excluding hydrogens is 372 g/mol. The second-order valence-corrected chi connectivity index (χ2v) is 6.48. The number of aryl methyl sites for hydroxylation is 1. The summed E-state index contributed by atoms with van der Waals surface area (Å²) >= 11 is 0. The van der Waals surface area contributed by atoms with E-state index in [4.69, 9.17) is 14.2 Å². The fraction of sp³-hybridized carbons (Fsp3) is 0.364. The van der Waals surface area contributed by atoms with Crippen LogP contribution in [0.2, 0.25) is 0 Å². The first-order valence-corrected chi connectivity index (χ1v) is 9.34. The first-order valence-electron chi connectivity index (χ1n) is 9.34. The summed E-state index contributed by atoms with van der Waals surface area (Å²) < 4.78 is 16.0. The first-order chi connectivity index (χ1) is 13.9. The molecule has 2 rings (SSSR count). The Morgan fingerprint density at radius 3 is 2.24 bits per heavy atom. The lowest BCUT2D eigenvalue weighted by Gasteiger charge is -2.19. The highest BCUT2D eigenvalue weighted by atomic mass is 16.5. The molecule has 1 N–H and O–H groups in total. The van der Waals surface area contributed by atoms with E-state index in [1.165, 1.54) is 26.2 Å². The van der Waals surface area contributed by atoms with Gasteiger partial charge in [0.25, 0.3) is 0 Å². The molecule has 0 aliphatic rings. The van der Waals surface area contributed by atoms with Gasteiger partial charge in [-0.25, -0.2) is 0 Å². The van der Waals surface area contributed by atoms with E-state index in [1.807, 2.05) is 31.2 Å². The zero-order valence-corrected chi connectivity index (χ0v) is 17.6. The van der Waals surface area contributed by atoms with Crippen molar-refractivity contribution in [2.75, 3.05) is 40.2 Å². The Kier molecular flexibility index (Phi) is 7.88. The molecule has 7 heteroatoms. The van der Waals surface area contributed by atoms with Gasteiger partial charge in [-0.1, -0.05) is 31.2 Å². The van der Waals surface area contributed by atoms with Crippen molar-refractivity contribution >= 4 is 17.5 Å². The summed E-state index contributed by atoms with van der Waals surface area (Å²) in [6, 6.07) is 11.1. The summed E-state index contributed by atoms with van der Waals surface area (Å²) in [5.74, 6) is 0.921. The normalized spacial score (nSPS) is 10.2. The van der Waals surface area contributed by atoms with Crippen molar-refractivity contribution in [1.29, 1.82) is 0 Å². The van der Waals surface area contributed by atoms with Gasteiger partial charge in [0.15, 0.2) is 11.5 Å². The molecule has 2 aromatic carbocycles. The lowest BCUT2D eigenvalue weighted by Crippen LogP contribution is -2.36. The van der Waals surface area contributed by atoms with Gasteiger partial charge in [-0.3, -0.25) is 9.59 Å². The maximum atomic E-state index is 12.7. The molecule has 0 spiro atoms. The molecule has 0 aliphatic carbocycles. The fourth-order valence-electron chi connectivity index (χ4n) is 3.04. The van der Waals surface area contributed by atoms with Crippen molar-refractivity contribution in [1.82, 2.24) is 4.90 Å². The van der Waals surface area contributed by atoms with Gasteiger partial charge in [0, 0.05) is 18.3 Å². The van der Waals surface area contributed by atoms with Crippen LogP contribution in [-0.4, -0.2) is 51.6 Å². The van der Waals surface area contributed by atoms with Crippen LogP contribution in [0.4, 0.5) is 5.69 Å². The SMILES string of the molecule is CCc1ccccc1NC(=O)CN(C)C(=O)Cc1ccc(OC)c(OC)c1OC. The third-order valence-corrected chi connectivity index (χ3v) is 4.61. The van der Waals surface area contributed by atoms with E-state index in [1.54, 1.807) is 19.2 Å². The van der Waals surface area contributed by atoms with Gasteiger partial charge in [-0.2, -0.15) is 0 Å². The van der Waals surface area contributed by atoms with Crippen LogP contribution in [0.1, 0.15) is 18.1 Å². The van der Waals surface area contributed by atoms with Crippen LogP contribution < -0.4 is 19.5 Å². The second-order valence-electron chi connectivity index (χ2n) is 6.48. The molecule has 0 aromatic heterocycles. The van der Waals surface area contributed by atoms with Crippen LogP contribution in [0.5, 0.6) is 17.2 Å². The molecule has 0 aliphatic heterocycles. The molecule has 0 saturated carbocycles. The largest absolute Gasteiger partial charge is 0.493 e. The van der Waals surface area contributed by atoms with E-state index in [9.17, 15) is 9.59 Å². The molecule has 0 fully saturated rings. The highest BCUT2D eigenvalue weighted by Crippen LogP contribution is 2.40. The molecule has 0 saturated heterocycles. The van der Waals surface area contributed by atoms with E-state index in [0.717, 1.165) is 17.7 Å². The van der Waals surface area contributed by atoms with Crippen LogP contribution in [-0.2, 0) is 22.4 Å². The third-order valence-electron chi connectivity index (χ3n) is 4.61. The Morgan fingerprint density at radius 1 is 0.931 bits per heavy atom. The number of benzene rings is 2. The summed E-state index contributed by atoms with van der Waals surface area (Å²) in [5.41, 5.74) is 2.46. The van der Waals surface area contributed by atoms with Crippen molar-refractivity contribution in [3.8, 4) is 17.2 Å². The number of carbonyl (C=O) groups excluding carboxylic acids is 2. The van der Waals surface area contributed by atoms with Crippen LogP contribution in [0.25, 0.3) is 0 Å². The zero-order valence-electron chi connectivity index (χ0n) is 17.6. The summed E-state index contributed by atoms with van der Waals surface area (Å²) in [4.78, 5) is 26.4. The van der Waals surface area contributed by atoms with Gasteiger partial charge in [0.05, 0.1) is 34.3 Å². The van der Waals surface area contributed by atoms with Gasteiger partial charge in [0.2, 0.25) is 17.6 Å². The third kappa shape index (κ3) is 5.40. The number of nitrogens with zero attached hydrogens (tertiary/aromatic N) is 1. The Morgan fingerprint density at radius 2 is 1.62 bits per heavy atom. The molecule has 156 valence electrons. The number of hydrogen-bond donors (Lipinski definition) is 1. The summed E-state index contributed by atoms with van der Waals surface area (Å²) in [5, 5.41) is 2.87. The van der Waals surface area contributed by atoms with E-state index in [2.05, 4.69) is 5.32 Å². The molecule has 0 heterocycles.